The average molecular weight is 407 g/mol. The van der Waals surface area contributed by atoms with E-state index in [4.69, 9.17) is 5.26 Å². The SMILES string of the molecule is C=C(Nc1ccc(C2(O)CCSCC2)cc1C1=CCCCC1)c1ncc(C#N)[nH]1. The van der Waals surface area contributed by atoms with Gasteiger partial charge in [-0.15, -0.1) is 0 Å². The first-order valence-corrected chi connectivity index (χ1v) is 11.3. The van der Waals surface area contributed by atoms with Crippen molar-refractivity contribution < 1.29 is 5.11 Å². The third kappa shape index (κ3) is 4.26. The van der Waals surface area contributed by atoms with E-state index in [0.717, 1.165) is 54.0 Å². The number of nitrogens with zero attached hydrogens (tertiary/aromatic N) is 2. The third-order valence-electron chi connectivity index (χ3n) is 5.78. The number of benzene rings is 1. The van der Waals surface area contributed by atoms with Crippen LogP contribution < -0.4 is 5.32 Å². The molecule has 2 aliphatic rings. The van der Waals surface area contributed by atoms with Gasteiger partial charge in [0.2, 0.25) is 0 Å². The van der Waals surface area contributed by atoms with Gasteiger partial charge in [0.05, 0.1) is 17.5 Å². The predicted molar refractivity (Wildman–Crippen MR) is 119 cm³/mol. The molecule has 150 valence electrons. The smallest absolute Gasteiger partial charge is 0.154 e. The molecule has 29 heavy (non-hydrogen) atoms. The van der Waals surface area contributed by atoms with Crippen molar-refractivity contribution in [3.8, 4) is 6.07 Å². The molecule has 6 heteroatoms. The first-order chi connectivity index (χ1) is 14.1. The van der Waals surface area contributed by atoms with Crippen LogP contribution in [0.25, 0.3) is 11.3 Å². The van der Waals surface area contributed by atoms with Crippen LogP contribution in [0.15, 0.2) is 37.1 Å². The largest absolute Gasteiger partial charge is 0.385 e. The number of nitriles is 1. The highest BCUT2D eigenvalue weighted by Crippen LogP contribution is 2.40. The van der Waals surface area contributed by atoms with Gasteiger partial charge in [-0.25, -0.2) is 4.98 Å². The molecule has 1 aromatic heterocycles. The zero-order valence-electron chi connectivity index (χ0n) is 16.5. The number of aliphatic hydroxyl groups is 1. The molecule has 0 spiro atoms. The van der Waals surface area contributed by atoms with Crippen LogP contribution in [0.4, 0.5) is 5.69 Å². The van der Waals surface area contributed by atoms with Gasteiger partial charge in [-0.05, 0) is 73.3 Å². The second-order valence-corrected chi connectivity index (χ2v) is 8.97. The van der Waals surface area contributed by atoms with Crippen molar-refractivity contribution in [1.29, 1.82) is 5.26 Å². The fraction of sp³-hybridized carbons (Fsp3) is 0.391. The quantitative estimate of drug-likeness (QED) is 0.648. The first-order valence-electron chi connectivity index (χ1n) is 10.1. The molecule has 3 N–H and O–H groups in total. The fourth-order valence-electron chi connectivity index (χ4n) is 4.04. The predicted octanol–water partition coefficient (Wildman–Crippen LogP) is 5.04. The number of allylic oxidation sites excluding steroid dienone is 2. The first kappa shape index (κ1) is 19.8. The molecule has 0 unspecified atom stereocenters. The number of aromatic nitrogens is 2. The number of thioether (sulfide) groups is 1. The minimum absolute atomic E-state index is 0.408. The second kappa shape index (κ2) is 8.48. The molecule has 0 saturated carbocycles. The van der Waals surface area contributed by atoms with Crippen molar-refractivity contribution in [1.82, 2.24) is 9.97 Å². The molecular formula is C23H26N4OS. The molecule has 0 radical (unpaired) electrons. The molecule has 0 amide bonds. The summed E-state index contributed by atoms with van der Waals surface area (Å²) in [7, 11) is 0. The molecular weight excluding hydrogens is 380 g/mol. The fourth-order valence-corrected chi connectivity index (χ4v) is 5.21. The molecule has 1 aliphatic heterocycles. The Hall–Kier alpha value is -2.49. The van der Waals surface area contributed by atoms with E-state index >= 15 is 0 Å². The normalized spacial score (nSPS) is 18.6. The van der Waals surface area contributed by atoms with E-state index in [0.29, 0.717) is 17.2 Å². The minimum Gasteiger partial charge on any atom is -0.385 e. The van der Waals surface area contributed by atoms with Crippen molar-refractivity contribution in [3.63, 3.8) is 0 Å². The van der Waals surface area contributed by atoms with Gasteiger partial charge >= 0.3 is 0 Å². The monoisotopic (exact) mass is 406 g/mol. The van der Waals surface area contributed by atoms with Crippen LogP contribution in [-0.2, 0) is 5.60 Å². The summed E-state index contributed by atoms with van der Waals surface area (Å²) in [5, 5.41) is 23.6. The van der Waals surface area contributed by atoms with Crippen LogP contribution in [0.5, 0.6) is 0 Å². The highest BCUT2D eigenvalue weighted by atomic mass is 32.2. The minimum atomic E-state index is -0.743. The van der Waals surface area contributed by atoms with E-state index in [1.807, 2.05) is 23.9 Å². The van der Waals surface area contributed by atoms with Crippen LogP contribution in [0.3, 0.4) is 0 Å². The van der Waals surface area contributed by atoms with Crippen LogP contribution in [0.2, 0.25) is 0 Å². The standard InChI is InChI=1S/C23H26N4OS/c1-16(22-25-15-19(14-24)27-22)26-21-8-7-18(23(28)9-11-29-12-10-23)13-20(21)17-5-3-2-4-6-17/h5,7-8,13,15,26,28H,1-4,6,9-12H2,(H,25,27). The van der Waals surface area contributed by atoms with Crippen LogP contribution >= 0.6 is 11.8 Å². The van der Waals surface area contributed by atoms with Gasteiger partial charge in [-0.3, -0.25) is 0 Å². The zero-order chi connectivity index (χ0) is 20.3. The Morgan fingerprint density at radius 3 is 2.83 bits per heavy atom. The summed E-state index contributed by atoms with van der Waals surface area (Å²) < 4.78 is 0. The maximum Gasteiger partial charge on any atom is 0.154 e. The Morgan fingerprint density at radius 1 is 1.31 bits per heavy atom. The van der Waals surface area contributed by atoms with Crippen LogP contribution in [-0.4, -0.2) is 26.6 Å². The van der Waals surface area contributed by atoms with Crippen molar-refractivity contribution >= 4 is 28.7 Å². The van der Waals surface area contributed by atoms with Crippen molar-refractivity contribution in [2.75, 3.05) is 16.8 Å². The van der Waals surface area contributed by atoms with E-state index in [1.54, 1.807) is 0 Å². The lowest BCUT2D eigenvalue weighted by Crippen LogP contribution is -2.30. The summed E-state index contributed by atoms with van der Waals surface area (Å²) in [5.41, 5.74) is 4.68. The number of anilines is 1. The molecule has 0 atom stereocenters. The van der Waals surface area contributed by atoms with E-state index < -0.39 is 5.60 Å². The molecule has 1 aromatic carbocycles. The number of aromatic amines is 1. The number of rotatable bonds is 5. The van der Waals surface area contributed by atoms with Gasteiger partial charge < -0.3 is 15.4 Å². The van der Waals surface area contributed by atoms with Gasteiger partial charge in [0.25, 0.3) is 0 Å². The lowest BCUT2D eigenvalue weighted by molar-refractivity contribution is 0.0281. The van der Waals surface area contributed by atoms with Gasteiger partial charge in [0.15, 0.2) is 5.82 Å². The van der Waals surface area contributed by atoms with E-state index in [9.17, 15) is 5.11 Å². The number of nitrogens with one attached hydrogen (secondary N) is 2. The molecule has 0 bridgehead atoms. The highest BCUT2D eigenvalue weighted by Gasteiger charge is 2.32. The summed E-state index contributed by atoms with van der Waals surface area (Å²) >= 11 is 1.91. The molecule has 2 aromatic rings. The number of H-pyrrole nitrogens is 1. The molecule has 1 aliphatic carbocycles. The summed E-state index contributed by atoms with van der Waals surface area (Å²) in [6.45, 7) is 4.09. The number of hydrogen-bond donors (Lipinski definition) is 3. The Balaban J connectivity index is 1.68. The van der Waals surface area contributed by atoms with E-state index in [2.05, 4.69) is 40.1 Å². The number of imidazole rings is 1. The van der Waals surface area contributed by atoms with E-state index in [-0.39, 0.29) is 0 Å². The molecule has 4 rings (SSSR count). The number of hydrogen-bond acceptors (Lipinski definition) is 5. The second-order valence-electron chi connectivity index (χ2n) is 7.74. The maximum atomic E-state index is 11.2. The maximum absolute atomic E-state index is 11.2. The van der Waals surface area contributed by atoms with Crippen molar-refractivity contribution in [2.45, 2.75) is 44.1 Å². The zero-order valence-corrected chi connectivity index (χ0v) is 17.3. The topological polar surface area (TPSA) is 84.7 Å². The Bertz CT molecular complexity index is 979. The molecule has 1 saturated heterocycles. The molecule has 2 heterocycles. The third-order valence-corrected chi connectivity index (χ3v) is 6.77. The lowest BCUT2D eigenvalue weighted by atomic mass is 9.84. The summed E-state index contributed by atoms with van der Waals surface area (Å²) in [5.74, 6) is 2.54. The van der Waals surface area contributed by atoms with Crippen LogP contribution in [0, 0.1) is 11.3 Å². The van der Waals surface area contributed by atoms with Crippen molar-refractivity contribution in [2.24, 2.45) is 0 Å². The molecule has 5 nitrogen and oxygen atoms in total. The van der Waals surface area contributed by atoms with Crippen molar-refractivity contribution in [3.05, 3.63) is 59.7 Å². The summed E-state index contributed by atoms with van der Waals surface area (Å²) in [6.07, 6.45) is 9.94. The Kier molecular flexibility index (Phi) is 5.79. The Morgan fingerprint density at radius 2 is 2.14 bits per heavy atom. The highest BCUT2D eigenvalue weighted by molar-refractivity contribution is 7.99. The molecule has 1 fully saturated rings. The lowest BCUT2D eigenvalue weighted by Gasteiger charge is -2.33. The average Bonchev–Trinajstić information content (AvgIpc) is 3.25. The van der Waals surface area contributed by atoms with E-state index in [1.165, 1.54) is 24.6 Å². The summed E-state index contributed by atoms with van der Waals surface area (Å²) in [4.78, 5) is 7.19. The van der Waals surface area contributed by atoms with Gasteiger partial charge in [0.1, 0.15) is 11.8 Å². The van der Waals surface area contributed by atoms with Gasteiger partial charge in [0, 0.05) is 11.3 Å². The van der Waals surface area contributed by atoms with Gasteiger partial charge in [-0.2, -0.15) is 17.0 Å². The summed E-state index contributed by atoms with van der Waals surface area (Å²) in [6, 6.07) is 8.28. The van der Waals surface area contributed by atoms with Crippen LogP contribution in [0.1, 0.15) is 61.2 Å². The Labute approximate surface area is 175 Å². The van der Waals surface area contributed by atoms with Gasteiger partial charge in [-0.1, -0.05) is 18.7 Å².